The Bertz CT molecular complexity index is 561. The van der Waals surface area contributed by atoms with Crippen LogP contribution in [0.1, 0.15) is 12.5 Å². The van der Waals surface area contributed by atoms with Crippen molar-refractivity contribution in [2.24, 2.45) is 0 Å². The topological polar surface area (TPSA) is 72.0 Å². The van der Waals surface area contributed by atoms with Gasteiger partial charge in [0.05, 0.1) is 7.11 Å². The molecule has 6 nitrogen and oxygen atoms in total. The Morgan fingerprint density at radius 2 is 1.70 bits per heavy atom. The average molecular weight is 294 g/mol. The second kappa shape index (κ2) is 6.91. The van der Waals surface area contributed by atoms with Crippen molar-refractivity contribution in [2.45, 2.75) is 13.5 Å². The van der Waals surface area contributed by atoms with E-state index < -0.39 is 0 Å². The molecule has 2 N–H and O–H groups in total. The summed E-state index contributed by atoms with van der Waals surface area (Å²) in [4.78, 5) is 12.2. The second-order valence-electron chi connectivity index (χ2n) is 3.98. The van der Waals surface area contributed by atoms with Crippen LogP contribution in [0.3, 0.4) is 0 Å². The number of aromatic nitrogens is 3. The molecule has 0 radical (unpaired) electrons. The van der Waals surface area contributed by atoms with Gasteiger partial charge in [-0.15, -0.1) is 0 Å². The van der Waals surface area contributed by atoms with Crippen molar-refractivity contribution in [1.82, 2.24) is 15.0 Å². The largest absolute Gasteiger partial charge is 0.497 e. The van der Waals surface area contributed by atoms with Gasteiger partial charge in [0, 0.05) is 13.1 Å². The zero-order valence-electron chi connectivity index (χ0n) is 11.4. The Morgan fingerprint density at radius 3 is 2.30 bits per heavy atom. The van der Waals surface area contributed by atoms with E-state index in [1.165, 1.54) is 0 Å². The number of hydrogen-bond acceptors (Lipinski definition) is 6. The van der Waals surface area contributed by atoms with E-state index in [0.717, 1.165) is 17.9 Å². The highest BCUT2D eigenvalue weighted by atomic mass is 35.5. The molecule has 1 heterocycles. The van der Waals surface area contributed by atoms with Gasteiger partial charge in [-0.05, 0) is 36.2 Å². The van der Waals surface area contributed by atoms with Crippen molar-refractivity contribution in [1.29, 1.82) is 0 Å². The van der Waals surface area contributed by atoms with Gasteiger partial charge in [0.25, 0.3) is 0 Å². The smallest absolute Gasteiger partial charge is 0.229 e. The lowest BCUT2D eigenvalue weighted by molar-refractivity contribution is 0.414. The summed E-state index contributed by atoms with van der Waals surface area (Å²) in [6.45, 7) is 3.27. The molecule has 1 aromatic carbocycles. The summed E-state index contributed by atoms with van der Waals surface area (Å²) in [5.74, 6) is 1.73. The van der Waals surface area contributed by atoms with Crippen molar-refractivity contribution < 1.29 is 4.74 Å². The predicted octanol–water partition coefficient (Wildman–Crippen LogP) is 2.58. The zero-order chi connectivity index (χ0) is 14.4. The van der Waals surface area contributed by atoms with Crippen molar-refractivity contribution in [3.63, 3.8) is 0 Å². The van der Waals surface area contributed by atoms with Gasteiger partial charge in [0.1, 0.15) is 5.75 Å². The molecule has 2 aromatic rings. The third kappa shape index (κ3) is 3.96. The molecule has 0 saturated heterocycles. The standard InChI is InChI=1S/C13H16ClN5O/c1-3-15-12-17-11(14)18-13(19-12)16-8-9-4-6-10(20-2)7-5-9/h4-7H,3,8H2,1-2H3,(H2,15,16,17,18,19). The quantitative estimate of drug-likeness (QED) is 0.853. The van der Waals surface area contributed by atoms with Crippen LogP contribution in [-0.2, 0) is 6.54 Å². The van der Waals surface area contributed by atoms with Crippen LogP contribution in [-0.4, -0.2) is 28.6 Å². The van der Waals surface area contributed by atoms with Crippen LogP contribution < -0.4 is 15.4 Å². The van der Waals surface area contributed by atoms with Crippen LogP contribution >= 0.6 is 11.6 Å². The van der Waals surface area contributed by atoms with Crippen LogP contribution in [0.25, 0.3) is 0 Å². The molecule has 0 unspecified atom stereocenters. The molecular formula is C13H16ClN5O. The molecule has 20 heavy (non-hydrogen) atoms. The first kappa shape index (κ1) is 14.3. The first-order chi connectivity index (χ1) is 9.71. The number of hydrogen-bond donors (Lipinski definition) is 2. The van der Waals surface area contributed by atoms with Crippen molar-refractivity contribution >= 4 is 23.5 Å². The second-order valence-corrected chi connectivity index (χ2v) is 4.32. The lowest BCUT2D eigenvalue weighted by atomic mass is 10.2. The first-order valence-corrected chi connectivity index (χ1v) is 6.61. The molecule has 0 aliphatic carbocycles. The first-order valence-electron chi connectivity index (χ1n) is 6.23. The Morgan fingerprint density at radius 1 is 1.05 bits per heavy atom. The summed E-state index contributed by atoms with van der Waals surface area (Å²) in [6, 6.07) is 7.75. The molecule has 0 bridgehead atoms. The third-order valence-electron chi connectivity index (χ3n) is 2.55. The fourth-order valence-electron chi connectivity index (χ4n) is 1.59. The molecular weight excluding hydrogens is 278 g/mol. The van der Waals surface area contributed by atoms with E-state index in [9.17, 15) is 0 Å². The fraction of sp³-hybridized carbons (Fsp3) is 0.308. The van der Waals surface area contributed by atoms with Gasteiger partial charge in [-0.3, -0.25) is 0 Å². The lowest BCUT2D eigenvalue weighted by Crippen LogP contribution is -2.08. The number of ether oxygens (including phenoxy) is 1. The number of anilines is 2. The molecule has 0 amide bonds. The van der Waals surface area contributed by atoms with Crippen LogP contribution in [0.5, 0.6) is 5.75 Å². The van der Waals surface area contributed by atoms with E-state index >= 15 is 0 Å². The van der Waals surface area contributed by atoms with Crippen LogP contribution in [0.2, 0.25) is 5.28 Å². The highest BCUT2D eigenvalue weighted by molar-refractivity contribution is 6.28. The number of rotatable bonds is 6. The van der Waals surface area contributed by atoms with Crippen molar-refractivity contribution in [3.8, 4) is 5.75 Å². The van der Waals surface area contributed by atoms with Crippen LogP contribution in [0.4, 0.5) is 11.9 Å². The summed E-state index contributed by atoms with van der Waals surface area (Å²) in [7, 11) is 1.64. The third-order valence-corrected chi connectivity index (χ3v) is 2.72. The maximum atomic E-state index is 5.85. The van der Waals surface area contributed by atoms with Gasteiger partial charge in [-0.1, -0.05) is 12.1 Å². The highest BCUT2D eigenvalue weighted by Gasteiger charge is 2.04. The van der Waals surface area contributed by atoms with Gasteiger partial charge in [-0.25, -0.2) is 0 Å². The lowest BCUT2D eigenvalue weighted by Gasteiger charge is -2.08. The van der Waals surface area contributed by atoms with Crippen molar-refractivity contribution in [3.05, 3.63) is 35.1 Å². The van der Waals surface area contributed by atoms with Gasteiger partial charge in [0.2, 0.25) is 17.2 Å². The van der Waals surface area contributed by atoms with E-state index in [-0.39, 0.29) is 5.28 Å². The molecule has 0 fully saturated rings. The Kier molecular flexibility index (Phi) is 4.95. The number of halogens is 1. The average Bonchev–Trinajstić information content (AvgIpc) is 2.45. The number of nitrogens with one attached hydrogen (secondary N) is 2. The molecule has 2 rings (SSSR count). The minimum absolute atomic E-state index is 0.160. The van der Waals surface area contributed by atoms with E-state index in [1.807, 2.05) is 31.2 Å². The summed E-state index contributed by atoms with van der Waals surface area (Å²) < 4.78 is 5.11. The highest BCUT2D eigenvalue weighted by Crippen LogP contribution is 2.13. The van der Waals surface area contributed by atoms with Crippen LogP contribution in [0, 0.1) is 0 Å². The van der Waals surface area contributed by atoms with Gasteiger partial charge >= 0.3 is 0 Å². The zero-order valence-corrected chi connectivity index (χ0v) is 12.1. The maximum absolute atomic E-state index is 5.85. The summed E-state index contributed by atoms with van der Waals surface area (Å²) in [5.41, 5.74) is 1.09. The Balaban J connectivity index is 2.02. The van der Waals surface area contributed by atoms with Gasteiger partial charge in [0.15, 0.2) is 0 Å². The molecule has 0 spiro atoms. The molecule has 0 aliphatic heterocycles. The molecule has 0 aliphatic rings. The minimum atomic E-state index is 0.160. The van der Waals surface area contributed by atoms with E-state index in [2.05, 4.69) is 25.6 Å². The van der Waals surface area contributed by atoms with Crippen molar-refractivity contribution in [2.75, 3.05) is 24.3 Å². The molecule has 106 valence electrons. The van der Waals surface area contributed by atoms with Gasteiger partial charge < -0.3 is 15.4 Å². The summed E-state index contributed by atoms with van der Waals surface area (Å²) in [6.07, 6.45) is 0. The fourth-order valence-corrected chi connectivity index (χ4v) is 1.75. The van der Waals surface area contributed by atoms with E-state index in [0.29, 0.717) is 18.4 Å². The molecule has 0 atom stereocenters. The minimum Gasteiger partial charge on any atom is -0.497 e. The number of methoxy groups -OCH3 is 1. The molecule has 1 aromatic heterocycles. The van der Waals surface area contributed by atoms with E-state index in [4.69, 9.17) is 16.3 Å². The molecule has 0 saturated carbocycles. The van der Waals surface area contributed by atoms with Crippen LogP contribution in [0.15, 0.2) is 24.3 Å². The summed E-state index contributed by atoms with van der Waals surface area (Å²) >= 11 is 5.85. The number of nitrogens with zero attached hydrogens (tertiary/aromatic N) is 3. The number of benzene rings is 1. The Labute approximate surface area is 122 Å². The van der Waals surface area contributed by atoms with E-state index in [1.54, 1.807) is 7.11 Å². The monoisotopic (exact) mass is 293 g/mol. The summed E-state index contributed by atoms with van der Waals surface area (Å²) in [5, 5.41) is 6.27. The SMILES string of the molecule is CCNc1nc(Cl)nc(NCc2ccc(OC)cc2)n1. The van der Waals surface area contributed by atoms with Gasteiger partial charge in [-0.2, -0.15) is 15.0 Å². The Hall–Kier alpha value is -2.08. The molecule has 7 heteroatoms. The normalized spacial score (nSPS) is 10.2. The predicted molar refractivity (Wildman–Crippen MR) is 79.3 cm³/mol. The maximum Gasteiger partial charge on any atom is 0.229 e.